The minimum Gasteiger partial charge on any atom is -0.383 e. The van der Waals surface area contributed by atoms with E-state index < -0.39 is 0 Å². The number of aryl methyl sites for hydroxylation is 2. The topological polar surface area (TPSA) is 62.7 Å². The van der Waals surface area contributed by atoms with E-state index in [0.29, 0.717) is 11.4 Å². The van der Waals surface area contributed by atoms with Gasteiger partial charge in [0.2, 0.25) is 0 Å². The number of aromatic nitrogens is 1. The highest BCUT2D eigenvalue weighted by Crippen LogP contribution is 2.28. The fraction of sp³-hybridized carbons (Fsp3) is 0.143. The molecule has 0 aliphatic heterocycles. The van der Waals surface area contributed by atoms with Crippen molar-refractivity contribution in [2.24, 2.45) is 0 Å². The molecule has 0 spiro atoms. The van der Waals surface area contributed by atoms with Crippen LogP contribution in [0.2, 0.25) is 0 Å². The number of hydrogen-bond acceptors (Lipinski definition) is 3. The number of hydrogen-bond donors (Lipinski definition) is 1. The van der Waals surface area contributed by atoms with E-state index in [-0.39, 0.29) is 0 Å². The Morgan fingerprint density at radius 2 is 1.88 bits per heavy atom. The molecule has 0 aliphatic rings. The maximum absolute atomic E-state index is 9.08. The molecule has 0 radical (unpaired) electrons. The van der Waals surface area contributed by atoms with E-state index >= 15 is 0 Å². The van der Waals surface area contributed by atoms with E-state index in [2.05, 4.69) is 11.1 Å². The third kappa shape index (κ3) is 1.98. The first-order valence-corrected chi connectivity index (χ1v) is 5.36. The maximum atomic E-state index is 9.08. The predicted octanol–water partition coefficient (Wildman–Crippen LogP) is 2.82. The molecule has 2 rings (SSSR count). The van der Waals surface area contributed by atoms with Gasteiger partial charge in [0.25, 0.3) is 0 Å². The third-order valence-electron chi connectivity index (χ3n) is 2.83. The fourth-order valence-electron chi connectivity index (χ4n) is 1.76. The molecule has 0 fully saturated rings. The zero-order chi connectivity index (χ0) is 12.4. The summed E-state index contributed by atoms with van der Waals surface area (Å²) < 4.78 is 0. The summed E-state index contributed by atoms with van der Waals surface area (Å²) in [4.78, 5) is 4.29. The molecule has 2 aromatic rings. The summed E-state index contributed by atoms with van der Waals surface area (Å²) in [6.07, 6.45) is 0. The van der Waals surface area contributed by atoms with Crippen LogP contribution >= 0.6 is 0 Å². The molecule has 0 atom stereocenters. The van der Waals surface area contributed by atoms with Gasteiger partial charge in [0, 0.05) is 16.8 Å². The van der Waals surface area contributed by atoms with Crippen LogP contribution < -0.4 is 5.73 Å². The van der Waals surface area contributed by atoms with Crippen molar-refractivity contribution in [3.8, 4) is 17.2 Å². The average molecular weight is 223 g/mol. The number of nitrogens with zero attached hydrogens (tertiary/aromatic N) is 2. The van der Waals surface area contributed by atoms with E-state index in [1.807, 2.05) is 38.1 Å². The van der Waals surface area contributed by atoms with Crippen molar-refractivity contribution < 1.29 is 0 Å². The van der Waals surface area contributed by atoms with Gasteiger partial charge >= 0.3 is 0 Å². The van der Waals surface area contributed by atoms with Gasteiger partial charge in [-0.05, 0) is 31.5 Å². The fourth-order valence-corrected chi connectivity index (χ4v) is 1.76. The number of nitriles is 1. The van der Waals surface area contributed by atoms with Gasteiger partial charge in [-0.3, -0.25) is 0 Å². The Morgan fingerprint density at radius 1 is 1.18 bits per heavy atom. The minimum absolute atomic E-state index is 0.468. The minimum atomic E-state index is 0.468. The first kappa shape index (κ1) is 11.2. The van der Waals surface area contributed by atoms with Crippen LogP contribution in [-0.2, 0) is 0 Å². The summed E-state index contributed by atoms with van der Waals surface area (Å²) in [6.45, 7) is 3.91. The Kier molecular flexibility index (Phi) is 2.80. The quantitative estimate of drug-likeness (QED) is 0.808. The second-order valence-corrected chi connectivity index (χ2v) is 3.98. The second-order valence-electron chi connectivity index (χ2n) is 3.98. The summed E-state index contributed by atoms with van der Waals surface area (Å²) in [5, 5.41) is 9.08. The molecule has 1 heterocycles. The van der Waals surface area contributed by atoms with Gasteiger partial charge in [0.05, 0.1) is 11.6 Å². The molecule has 0 saturated heterocycles. The molecule has 3 heteroatoms. The number of rotatable bonds is 1. The van der Waals surface area contributed by atoms with Gasteiger partial charge in [0.15, 0.2) is 0 Å². The SMILES string of the molecule is Cc1cc(-c2ccccc2C#N)c(N)nc1C. The lowest BCUT2D eigenvalue weighted by Gasteiger charge is -2.09. The molecular formula is C14H13N3. The van der Waals surface area contributed by atoms with Crippen LogP contribution in [0.5, 0.6) is 0 Å². The van der Waals surface area contributed by atoms with Gasteiger partial charge in [-0.15, -0.1) is 0 Å². The molecule has 0 amide bonds. The maximum Gasteiger partial charge on any atom is 0.131 e. The summed E-state index contributed by atoms with van der Waals surface area (Å²) in [5.41, 5.74) is 10.2. The number of benzene rings is 1. The molecule has 2 N–H and O–H groups in total. The predicted molar refractivity (Wildman–Crippen MR) is 68.3 cm³/mol. The molecule has 17 heavy (non-hydrogen) atoms. The number of pyridine rings is 1. The van der Waals surface area contributed by atoms with Crippen LogP contribution in [0.1, 0.15) is 16.8 Å². The van der Waals surface area contributed by atoms with Gasteiger partial charge in [-0.2, -0.15) is 5.26 Å². The number of nitrogens with two attached hydrogens (primary N) is 1. The highest BCUT2D eigenvalue weighted by atomic mass is 14.8. The van der Waals surface area contributed by atoms with Crippen LogP contribution in [0.4, 0.5) is 5.82 Å². The Hall–Kier alpha value is -2.34. The Labute approximate surface area is 101 Å². The highest BCUT2D eigenvalue weighted by Gasteiger charge is 2.10. The zero-order valence-corrected chi connectivity index (χ0v) is 9.86. The third-order valence-corrected chi connectivity index (χ3v) is 2.83. The van der Waals surface area contributed by atoms with Crippen molar-refractivity contribution >= 4 is 5.82 Å². The van der Waals surface area contributed by atoms with Gasteiger partial charge in [-0.25, -0.2) is 4.98 Å². The molecule has 1 aromatic carbocycles. The van der Waals surface area contributed by atoms with Crippen molar-refractivity contribution in [1.29, 1.82) is 5.26 Å². The standard InChI is InChI=1S/C14H13N3/c1-9-7-13(14(16)17-10(9)2)12-6-4-3-5-11(12)8-15/h3-7H,1-2H3,(H2,16,17). The number of nitrogen functional groups attached to an aromatic ring is 1. The summed E-state index contributed by atoms with van der Waals surface area (Å²) >= 11 is 0. The van der Waals surface area contributed by atoms with E-state index in [9.17, 15) is 0 Å². The summed E-state index contributed by atoms with van der Waals surface area (Å²) in [5.74, 6) is 0.468. The second kappa shape index (κ2) is 4.26. The van der Waals surface area contributed by atoms with Crippen LogP contribution in [0, 0.1) is 25.2 Å². The van der Waals surface area contributed by atoms with Crippen molar-refractivity contribution in [2.45, 2.75) is 13.8 Å². The van der Waals surface area contributed by atoms with E-state index in [1.165, 1.54) is 0 Å². The smallest absolute Gasteiger partial charge is 0.131 e. The van der Waals surface area contributed by atoms with E-state index in [0.717, 1.165) is 22.4 Å². The van der Waals surface area contributed by atoms with Crippen molar-refractivity contribution in [3.63, 3.8) is 0 Å². The zero-order valence-electron chi connectivity index (χ0n) is 9.86. The van der Waals surface area contributed by atoms with Crippen molar-refractivity contribution in [2.75, 3.05) is 5.73 Å². The lowest BCUT2D eigenvalue weighted by Crippen LogP contribution is -1.99. The highest BCUT2D eigenvalue weighted by molar-refractivity contribution is 5.78. The monoisotopic (exact) mass is 223 g/mol. The van der Waals surface area contributed by atoms with E-state index in [4.69, 9.17) is 11.0 Å². The lowest BCUT2D eigenvalue weighted by atomic mass is 9.99. The van der Waals surface area contributed by atoms with Gasteiger partial charge in [-0.1, -0.05) is 18.2 Å². The lowest BCUT2D eigenvalue weighted by molar-refractivity contribution is 1.16. The van der Waals surface area contributed by atoms with Crippen molar-refractivity contribution in [3.05, 3.63) is 47.2 Å². The molecule has 0 bridgehead atoms. The summed E-state index contributed by atoms with van der Waals surface area (Å²) in [7, 11) is 0. The largest absolute Gasteiger partial charge is 0.383 e. The molecule has 0 aliphatic carbocycles. The molecule has 0 unspecified atom stereocenters. The van der Waals surface area contributed by atoms with Crippen LogP contribution in [0.15, 0.2) is 30.3 Å². The van der Waals surface area contributed by atoms with Crippen LogP contribution in [0.3, 0.4) is 0 Å². The molecular weight excluding hydrogens is 210 g/mol. The van der Waals surface area contributed by atoms with Gasteiger partial charge < -0.3 is 5.73 Å². The molecule has 84 valence electrons. The van der Waals surface area contributed by atoms with Crippen LogP contribution in [-0.4, -0.2) is 4.98 Å². The number of anilines is 1. The average Bonchev–Trinajstić information content (AvgIpc) is 2.34. The Balaban J connectivity index is 2.69. The van der Waals surface area contributed by atoms with E-state index in [1.54, 1.807) is 6.07 Å². The normalized spacial score (nSPS) is 9.94. The Morgan fingerprint density at radius 3 is 2.59 bits per heavy atom. The Bertz CT molecular complexity index is 609. The van der Waals surface area contributed by atoms with Crippen molar-refractivity contribution in [1.82, 2.24) is 4.98 Å². The van der Waals surface area contributed by atoms with Crippen LogP contribution in [0.25, 0.3) is 11.1 Å². The summed E-state index contributed by atoms with van der Waals surface area (Å²) in [6, 6.07) is 11.6. The first-order chi connectivity index (χ1) is 8.13. The molecule has 3 nitrogen and oxygen atoms in total. The first-order valence-electron chi connectivity index (χ1n) is 5.36. The molecule has 0 saturated carbocycles. The molecule has 1 aromatic heterocycles. The van der Waals surface area contributed by atoms with Gasteiger partial charge in [0.1, 0.15) is 5.82 Å².